The molecule has 0 aliphatic heterocycles. The third-order valence-corrected chi connectivity index (χ3v) is 2.26. The Morgan fingerprint density at radius 1 is 0.737 bits per heavy atom. The number of hydrogen-bond acceptors (Lipinski definition) is 5. The Balaban J connectivity index is 1.79. The first kappa shape index (κ1) is 16.1. The van der Waals surface area contributed by atoms with Gasteiger partial charge in [-0.1, -0.05) is 30.3 Å². The Morgan fingerprint density at radius 2 is 1.37 bits per heavy atom. The van der Waals surface area contributed by atoms with Crippen LogP contribution in [0, 0.1) is 0 Å². The van der Waals surface area contributed by atoms with Crippen LogP contribution >= 0.6 is 0 Å². The quantitative estimate of drug-likeness (QED) is 0.457. The molecule has 0 aliphatic rings. The van der Waals surface area contributed by atoms with Gasteiger partial charge >= 0.3 is 0 Å². The van der Waals surface area contributed by atoms with Crippen molar-refractivity contribution in [3.8, 4) is 0 Å². The summed E-state index contributed by atoms with van der Waals surface area (Å²) in [7, 11) is 0. The molecular weight excluding hydrogens is 248 g/mol. The molecule has 0 bridgehead atoms. The van der Waals surface area contributed by atoms with Crippen LogP contribution in [0.15, 0.2) is 30.3 Å². The lowest BCUT2D eigenvalue weighted by Crippen LogP contribution is -2.11. The lowest BCUT2D eigenvalue weighted by atomic mass is 10.2. The molecule has 1 N–H and O–H groups in total. The second-order valence-electron chi connectivity index (χ2n) is 3.81. The van der Waals surface area contributed by atoms with E-state index in [-0.39, 0.29) is 13.4 Å². The summed E-state index contributed by atoms with van der Waals surface area (Å²) < 4.78 is 20.9. The Kier molecular flexibility index (Phi) is 10.2. The van der Waals surface area contributed by atoms with Gasteiger partial charge in [-0.25, -0.2) is 0 Å². The van der Waals surface area contributed by atoms with Gasteiger partial charge in [-0.15, -0.1) is 0 Å². The first-order valence-corrected chi connectivity index (χ1v) is 6.39. The molecule has 1 aromatic carbocycles. The molecule has 0 amide bonds. The van der Waals surface area contributed by atoms with E-state index in [0.29, 0.717) is 39.6 Å². The molecule has 0 radical (unpaired) electrons. The maximum atomic E-state index is 8.47. The van der Waals surface area contributed by atoms with E-state index in [1.807, 2.05) is 30.3 Å². The zero-order chi connectivity index (χ0) is 13.6. The fourth-order valence-electron chi connectivity index (χ4n) is 1.36. The SMILES string of the molecule is OCCOCCOCCOCOCc1ccccc1. The van der Waals surface area contributed by atoms with E-state index in [2.05, 4.69) is 0 Å². The number of ether oxygens (including phenoxy) is 4. The summed E-state index contributed by atoms with van der Waals surface area (Å²) in [4.78, 5) is 0. The lowest BCUT2D eigenvalue weighted by Gasteiger charge is -2.07. The lowest BCUT2D eigenvalue weighted by molar-refractivity contribution is -0.0787. The Hall–Kier alpha value is -0.980. The summed E-state index contributed by atoms with van der Waals surface area (Å²) >= 11 is 0. The van der Waals surface area contributed by atoms with E-state index >= 15 is 0 Å². The van der Waals surface area contributed by atoms with Crippen molar-refractivity contribution in [1.29, 1.82) is 0 Å². The predicted molar refractivity (Wildman–Crippen MR) is 70.8 cm³/mol. The van der Waals surface area contributed by atoms with Gasteiger partial charge in [0.25, 0.3) is 0 Å². The zero-order valence-corrected chi connectivity index (χ0v) is 11.1. The molecule has 0 aliphatic carbocycles. The minimum absolute atomic E-state index is 0.0435. The highest BCUT2D eigenvalue weighted by Crippen LogP contribution is 2.00. The second-order valence-corrected chi connectivity index (χ2v) is 3.81. The molecule has 19 heavy (non-hydrogen) atoms. The Labute approximate surface area is 114 Å². The van der Waals surface area contributed by atoms with Crippen LogP contribution in [0.2, 0.25) is 0 Å². The van der Waals surface area contributed by atoms with E-state index < -0.39 is 0 Å². The van der Waals surface area contributed by atoms with Crippen molar-refractivity contribution in [3.63, 3.8) is 0 Å². The number of benzene rings is 1. The molecule has 0 aromatic heterocycles. The molecule has 0 fully saturated rings. The van der Waals surface area contributed by atoms with Crippen LogP contribution in [0.3, 0.4) is 0 Å². The second kappa shape index (κ2) is 12.1. The highest BCUT2D eigenvalue weighted by atomic mass is 16.7. The van der Waals surface area contributed by atoms with E-state index in [9.17, 15) is 0 Å². The summed E-state index contributed by atoms with van der Waals surface area (Å²) in [6, 6.07) is 9.95. The first-order valence-electron chi connectivity index (χ1n) is 6.39. The normalized spacial score (nSPS) is 10.8. The van der Waals surface area contributed by atoms with Gasteiger partial charge in [0.05, 0.1) is 46.2 Å². The Bertz CT molecular complexity index is 291. The van der Waals surface area contributed by atoms with Crippen molar-refractivity contribution in [1.82, 2.24) is 0 Å². The molecule has 1 aromatic rings. The monoisotopic (exact) mass is 270 g/mol. The minimum Gasteiger partial charge on any atom is -0.394 e. The van der Waals surface area contributed by atoms with Crippen LogP contribution in [0.4, 0.5) is 0 Å². The van der Waals surface area contributed by atoms with Gasteiger partial charge < -0.3 is 24.1 Å². The minimum atomic E-state index is 0.0435. The fourth-order valence-corrected chi connectivity index (χ4v) is 1.36. The topological polar surface area (TPSA) is 57.2 Å². The molecule has 0 saturated carbocycles. The average Bonchev–Trinajstić information content (AvgIpc) is 2.46. The molecular formula is C14H22O5. The van der Waals surface area contributed by atoms with Gasteiger partial charge in [-0.05, 0) is 5.56 Å². The van der Waals surface area contributed by atoms with E-state index in [0.717, 1.165) is 5.56 Å². The third kappa shape index (κ3) is 9.58. The molecule has 1 rings (SSSR count). The molecule has 0 heterocycles. The summed E-state index contributed by atoms with van der Waals surface area (Å²) in [5, 5.41) is 8.47. The van der Waals surface area contributed by atoms with Crippen LogP contribution in [0.5, 0.6) is 0 Å². The van der Waals surface area contributed by atoms with Crippen LogP contribution in [0.1, 0.15) is 5.56 Å². The van der Waals surface area contributed by atoms with Gasteiger partial charge in [0, 0.05) is 0 Å². The molecule has 0 saturated heterocycles. The van der Waals surface area contributed by atoms with E-state index in [1.165, 1.54) is 0 Å². The van der Waals surface area contributed by atoms with E-state index in [1.54, 1.807) is 0 Å². The highest BCUT2D eigenvalue weighted by Gasteiger charge is 1.93. The summed E-state index contributed by atoms with van der Waals surface area (Å²) in [6.07, 6.45) is 0. The summed E-state index contributed by atoms with van der Waals surface area (Å²) in [5.74, 6) is 0. The van der Waals surface area contributed by atoms with Gasteiger partial charge in [0.1, 0.15) is 6.79 Å². The van der Waals surface area contributed by atoms with Gasteiger partial charge in [0.2, 0.25) is 0 Å². The number of aliphatic hydroxyl groups is 1. The maximum Gasteiger partial charge on any atom is 0.147 e. The van der Waals surface area contributed by atoms with Crippen LogP contribution in [-0.4, -0.2) is 51.5 Å². The van der Waals surface area contributed by atoms with Crippen LogP contribution in [-0.2, 0) is 25.6 Å². The summed E-state index contributed by atoms with van der Waals surface area (Å²) in [5.41, 5.74) is 1.13. The van der Waals surface area contributed by atoms with Gasteiger partial charge in [0.15, 0.2) is 0 Å². The Morgan fingerprint density at radius 3 is 2.05 bits per heavy atom. The average molecular weight is 270 g/mol. The smallest absolute Gasteiger partial charge is 0.147 e. The first-order chi connectivity index (χ1) is 9.43. The van der Waals surface area contributed by atoms with Crippen molar-refractivity contribution in [2.75, 3.05) is 46.4 Å². The van der Waals surface area contributed by atoms with E-state index in [4.69, 9.17) is 24.1 Å². The maximum absolute atomic E-state index is 8.47. The van der Waals surface area contributed by atoms with Crippen LogP contribution in [0.25, 0.3) is 0 Å². The third-order valence-electron chi connectivity index (χ3n) is 2.26. The molecule has 5 heteroatoms. The fraction of sp³-hybridized carbons (Fsp3) is 0.571. The predicted octanol–water partition coefficient (Wildman–Crippen LogP) is 1.20. The van der Waals surface area contributed by atoms with Gasteiger partial charge in [-0.2, -0.15) is 0 Å². The molecule has 0 atom stereocenters. The largest absolute Gasteiger partial charge is 0.394 e. The van der Waals surface area contributed by atoms with Crippen molar-refractivity contribution in [2.24, 2.45) is 0 Å². The van der Waals surface area contributed by atoms with Crippen molar-refractivity contribution in [2.45, 2.75) is 6.61 Å². The number of aliphatic hydroxyl groups excluding tert-OH is 1. The van der Waals surface area contributed by atoms with Crippen molar-refractivity contribution in [3.05, 3.63) is 35.9 Å². The van der Waals surface area contributed by atoms with Crippen molar-refractivity contribution >= 4 is 0 Å². The van der Waals surface area contributed by atoms with Crippen LogP contribution < -0.4 is 0 Å². The van der Waals surface area contributed by atoms with Gasteiger partial charge in [-0.3, -0.25) is 0 Å². The number of rotatable bonds is 12. The molecule has 108 valence electrons. The number of hydrogen-bond donors (Lipinski definition) is 1. The summed E-state index contributed by atoms with van der Waals surface area (Å²) in [6.45, 7) is 3.22. The highest BCUT2D eigenvalue weighted by molar-refractivity contribution is 5.13. The molecule has 0 unspecified atom stereocenters. The van der Waals surface area contributed by atoms with Crippen molar-refractivity contribution < 1.29 is 24.1 Å². The standard InChI is InChI=1S/C14H22O5/c15-6-7-16-8-9-17-10-11-18-13-19-12-14-4-2-1-3-5-14/h1-5,15H,6-13H2. The zero-order valence-electron chi connectivity index (χ0n) is 11.1. The molecule has 0 spiro atoms. The molecule has 5 nitrogen and oxygen atoms in total.